The third-order valence-corrected chi connectivity index (χ3v) is 7.51. The first-order valence-electron chi connectivity index (χ1n) is 11.9. The van der Waals surface area contributed by atoms with Crippen LogP contribution in [0.4, 0.5) is 0 Å². The number of carbonyl (C=O) groups is 2. The molecule has 0 radical (unpaired) electrons. The summed E-state index contributed by atoms with van der Waals surface area (Å²) < 4.78 is 11.9. The van der Waals surface area contributed by atoms with Crippen LogP contribution in [0.2, 0.25) is 0 Å². The number of carboxylic acids is 1. The predicted octanol–water partition coefficient (Wildman–Crippen LogP) is 4.29. The summed E-state index contributed by atoms with van der Waals surface area (Å²) in [5.41, 5.74) is 4.47. The lowest BCUT2D eigenvalue weighted by molar-refractivity contribution is -0.145. The molecule has 1 N–H and O–H groups in total. The largest absolute Gasteiger partial charge is 0.481 e. The number of fused-ring (bicyclic) bond motifs is 4. The highest BCUT2D eigenvalue weighted by atomic mass is 16.4. The van der Waals surface area contributed by atoms with E-state index in [2.05, 4.69) is 6.07 Å². The highest BCUT2D eigenvalue weighted by Gasteiger charge is 2.27. The minimum Gasteiger partial charge on any atom is -0.481 e. The maximum Gasteiger partial charge on any atom is 0.339 e. The number of furan rings is 1. The lowest BCUT2D eigenvalue weighted by Crippen LogP contribution is -2.40. The van der Waals surface area contributed by atoms with Crippen LogP contribution >= 0.6 is 0 Å². The first kappa shape index (κ1) is 21.7. The topological polar surface area (TPSA) is 101 Å². The van der Waals surface area contributed by atoms with Crippen molar-refractivity contribution in [3.63, 3.8) is 0 Å². The van der Waals surface area contributed by atoms with Gasteiger partial charge in [-0.1, -0.05) is 0 Å². The minimum atomic E-state index is -0.796. The number of carbonyl (C=O) groups excluding carboxylic acids is 1. The number of hydrogen-bond acceptors (Lipinski definition) is 5. The van der Waals surface area contributed by atoms with Crippen LogP contribution in [-0.4, -0.2) is 35.0 Å². The summed E-state index contributed by atoms with van der Waals surface area (Å²) >= 11 is 0. The van der Waals surface area contributed by atoms with E-state index in [9.17, 15) is 14.4 Å². The molecule has 1 fully saturated rings. The number of rotatable bonds is 4. The number of piperidine rings is 1. The van der Waals surface area contributed by atoms with Gasteiger partial charge >= 0.3 is 11.6 Å². The Kier molecular flexibility index (Phi) is 5.51. The van der Waals surface area contributed by atoms with Crippen molar-refractivity contribution >= 4 is 33.8 Å². The number of nitrogens with zero attached hydrogens (tertiary/aromatic N) is 1. The predicted molar refractivity (Wildman–Crippen MR) is 124 cm³/mol. The van der Waals surface area contributed by atoms with E-state index in [1.807, 2.05) is 13.8 Å². The molecule has 3 heterocycles. The number of hydrogen-bond donors (Lipinski definition) is 1. The molecule has 33 heavy (non-hydrogen) atoms. The van der Waals surface area contributed by atoms with Gasteiger partial charge in [0, 0.05) is 53.4 Å². The average Bonchev–Trinajstić information content (AvgIpc) is 3.19. The molecule has 2 aromatic heterocycles. The van der Waals surface area contributed by atoms with Crippen LogP contribution in [0, 0.1) is 19.8 Å². The molecule has 3 aromatic rings. The van der Waals surface area contributed by atoms with E-state index >= 15 is 0 Å². The van der Waals surface area contributed by atoms with Crippen molar-refractivity contribution in [2.45, 2.75) is 65.2 Å². The summed E-state index contributed by atoms with van der Waals surface area (Å²) in [6.07, 6.45) is 5.69. The van der Waals surface area contributed by atoms with Crippen LogP contribution in [0.25, 0.3) is 21.9 Å². The van der Waals surface area contributed by atoms with Gasteiger partial charge in [-0.25, -0.2) is 4.79 Å². The second kappa shape index (κ2) is 8.36. The van der Waals surface area contributed by atoms with Gasteiger partial charge in [-0.05, 0) is 64.0 Å². The summed E-state index contributed by atoms with van der Waals surface area (Å²) in [5, 5.41) is 11.2. The highest BCUT2D eigenvalue weighted by molar-refractivity contribution is 6.00. The summed E-state index contributed by atoms with van der Waals surface area (Å²) in [4.78, 5) is 38.4. The molecule has 0 bridgehead atoms. The lowest BCUT2D eigenvalue weighted by atomic mass is 9.93. The number of aliphatic carboxylic acids is 1. The van der Waals surface area contributed by atoms with Crippen molar-refractivity contribution in [3.8, 4) is 0 Å². The number of benzene rings is 1. The fraction of sp³-hybridized carbons (Fsp3) is 0.500. The van der Waals surface area contributed by atoms with E-state index in [0.29, 0.717) is 43.5 Å². The molecular formula is C26H29NO6. The molecule has 1 saturated heterocycles. The molecule has 1 aliphatic carbocycles. The fourth-order valence-corrected chi connectivity index (χ4v) is 5.47. The average molecular weight is 452 g/mol. The molecular weight excluding hydrogens is 422 g/mol. The van der Waals surface area contributed by atoms with Gasteiger partial charge in [-0.2, -0.15) is 0 Å². The van der Waals surface area contributed by atoms with E-state index < -0.39 is 11.6 Å². The quantitative estimate of drug-likeness (QED) is 0.594. The fourth-order valence-electron chi connectivity index (χ4n) is 5.47. The maximum absolute atomic E-state index is 12.9. The second-order valence-electron chi connectivity index (χ2n) is 9.45. The first-order chi connectivity index (χ1) is 15.8. The van der Waals surface area contributed by atoms with Crippen molar-refractivity contribution in [1.82, 2.24) is 4.90 Å². The van der Waals surface area contributed by atoms with Gasteiger partial charge in [0.25, 0.3) is 0 Å². The normalized spacial score (nSPS) is 17.0. The monoisotopic (exact) mass is 451 g/mol. The number of carboxylic acid groups (broad SMARTS) is 1. The van der Waals surface area contributed by atoms with Crippen LogP contribution in [0.1, 0.15) is 60.1 Å². The molecule has 2 aliphatic rings. The summed E-state index contributed by atoms with van der Waals surface area (Å²) in [6.45, 7) is 4.76. The molecule has 0 atom stereocenters. The number of likely N-dealkylation sites (tertiary alicyclic amines) is 1. The Morgan fingerprint density at radius 2 is 1.73 bits per heavy atom. The Morgan fingerprint density at radius 1 is 1.03 bits per heavy atom. The molecule has 1 aliphatic heterocycles. The Balaban J connectivity index is 1.43. The van der Waals surface area contributed by atoms with E-state index in [-0.39, 0.29) is 18.2 Å². The summed E-state index contributed by atoms with van der Waals surface area (Å²) in [6, 6.07) is 2.09. The molecule has 7 heteroatoms. The Hall–Kier alpha value is -3.09. The van der Waals surface area contributed by atoms with Gasteiger partial charge in [-0.3, -0.25) is 9.59 Å². The minimum absolute atomic E-state index is 0.0479. The van der Waals surface area contributed by atoms with E-state index in [4.69, 9.17) is 13.9 Å². The SMILES string of the molecule is Cc1c(CCC(=O)N2CCC(C(=O)O)CC2)c(=O)oc2c(C)c3oc4c(c3cc12)CCCC4. The third-order valence-electron chi connectivity index (χ3n) is 7.51. The third kappa shape index (κ3) is 3.73. The molecule has 0 unspecified atom stereocenters. The van der Waals surface area contributed by atoms with Crippen molar-refractivity contribution in [2.75, 3.05) is 13.1 Å². The maximum atomic E-state index is 12.9. The van der Waals surface area contributed by atoms with Gasteiger partial charge in [0.15, 0.2) is 0 Å². The molecule has 5 rings (SSSR count). The van der Waals surface area contributed by atoms with Crippen LogP contribution < -0.4 is 5.63 Å². The summed E-state index contributed by atoms with van der Waals surface area (Å²) in [7, 11) is 0. The van der Waals surface area contributed by atoms with Gasteiger partial charge < -0.3 is 18.8 Å². The van der Waals surface area contributed by atoms with Crippen LogP contribution in [0.3, 0.4) is 0 Å². The van der Waals surface area contributed by atoms with Gasteiger partial charge in [0.2, 0.25) is 5.91 Å². The Bertz CT molecular complexity index is 1320. The lowest BCUT2D eigenvalue weighted by Gasteiger charge is -2.30. The zero-order chi connectivity index (χ0) is 23.3. The van der Waals surface area contributed by atoms with Gasteiger partial charge in [0.05, 0.1) is 5.92 Å². The molecule has 7 nitrogen and oxygen atoms in total. The molecule has 0 saturated carbocycles. The van der Waals surface area contributed by atoms with Crippen LogP contribution in [0.15, 0.2) is 19.7 Å². The Labute approximate surface area is 191 Å². The molecule has 1 amide bonds. The van der Waals surface area contributed by atoms with Gasteiger partial charge in [-0.15, -0.1) is 0 Å². The highest BCUT2D eigenvalue weighted by Crippen LogP contribution is 2.38. The van der Waals surface area contributed by atoms with E-state index in [0.717, 1.165) is 58.9 Å². The van der Waals surface area contributed by atoms with E-state index in [1.54, 1.807) is 4.90 Å². The van der Waals surface area contributed by atoms with Crippen molar-refractivity contribution in [1.29, 1.82) is 0 Å². The number of amides is 1. The Morgan fingerprint density at radius 3 is 2.45 bits per heavy atom. The zero-order valence-corrected chi connectivity index (χ0v) is 19.2. The second-order valence-corrected chi connectivity index (χ2v) is 9.45. The van der Waals surface area contributed by atoms with Gasteiger partial charge in [0.1, 0.15) is 16.9 Å². The smallest absolute Gasteiger partial charge is 0.339 e. The summed E-state index contributed by atoms with van der Waals surface area (Å²) in [5.74, 6) is -0.173. The standard InChI is InChI=1S/C26H29NO6/c1-14-17(7-8-22(28)27-11-9-16(10-12-27)25(29)30)26(31)33-23-15(2)24-20(13-19(14)23)18-5-3-4-6-21(18)32-24/h13,16H,3-12H2,1-2H3,(H,29,30). The van der Waals surface area contributed by atoms with Crippen molar-refractivity contribution < 1.29 is 23.5 Å². The zero-order valence-electron chi connectivity index (χ0n) is 19.2. The van der Waals surface area contributed by atoms with Crippen LogP contribution in [0.5, 0.6) is 0 Å². The molecule has 174 valence electrons. The van der Waals surface area contributed by atoms with Crippen molar-refractivity contribution in [2.24, 2.45) is 5.92 Å². The molecule has 0 spiro atoms. The molecule has 1 aromatic carbocycles. The number of aryl methyl sites for hydroxylation is 4. The van der Waals surface area contributed by atoms with Crippen LogP contribution in [-0.2, 0) is 28.9 Å². The van der Waals surface area contributed by atoms with E-state index in [1.165, 1.54) is 5.56 Å². The first-order valence-corrected chi connectivity index (χ1v) is 11.9. The van der Waals surface area contributed by atoms with Crippen molar-refractivity contribution in [3.05, 3.63) is 44.5 Å².